The minimum absolute atomic E-state index is 0.00350. The molecule has 2 aromatic rings. The average Bonchev–Trinajstić information content (AvgIpc) is 2.40. The zero-order valence-electron chi connectivity index (χ0n) is 10.4. The second kappa shape index (κ2) is 5.20. The van der Waals surface area contributed by atoms with Crippen molar-refractivity contribution in [1.29, 1.82) is 0 Å². The van der Waals surface area contributed by atoms with Gasteiger partial charge in [-0.3, -0.25) is 4.79 Å². The lowest BCUT2D eigenvalue weighted by Crippen LogP contribution is -2.25. The molecule has 0 saturated carbocycles. The van der Waals surface area contributed by atoms with Crippen molar-refractivity contribution >= 4 is 39.9 Å². The van der Waals surface area contributed by atoms with Gasteiger partial charge >= 0.3 is 0 Å². The Morgan fingerprint density at radius 1 is 1.30 bits per heavy atom. The predicted octanol–water partition coefficient (Wildman–Crippen LogP) is 3.00. The maximum absolute atomic E-state index is 11.3. The fourth-order valence-corrected chi connectivity index (χ4v) is 2.38. The first-order valence-corrected chi connectivity index (χ1v) is 6.99. The number of ether oxygens (including phenoxy) is 2. The second-order valence-corrected chi connectivity index (χ2v) is 5.53. The Balaban J connectivity index is 1.94. The summed E-state index contributed by atoms with van der Waals surface area (Å²) in [4.78, 5) is 11.3. The van der Waals surface area contributed by atoms with E-state index in [0.717, 1.165) is 3.57 Å². The number of nitrogens with two attached hydrogens (primary N) is 1. The van der Waals surface area contributed by atoms with Crippen LogP contribution in [0.15, 0.2) is 36.4 Å². The summed E-state index contributed by atoms with van der Waals surface area (Å²) in [7, 11) is 0. The molecule has 0 bridgehead atoms. The van der Waals surface area contributed by atoms with Crippen LogP contribution in [0.25, 0.3) is 0 Å². The van der Waals surface area contributed by atoms with Crippen LogP contribution in [-0.2, 0) is 4.79 Å². The van der Waals surface area contributed by atoms with E-state index in [1.54, 1.807) is 12.1 Å². The van der Waals surface area contributed by atoms with Crippen molar-refractivity contribution in [1.82, 2.24) is 0 Å². The number of halogens is 1. The normalized spacial score (nSPS) is 13.2. The van der Waals surface area contributed by atoms with Gasteiger partial charge in [-0.2, -0.15) is 0 Å². The van der Waals surface area contributed by atoms with Gasteiger partial charge in [-0.15, -0.1) is 0 Å². The van der Waals surface area contributed by atoms with Gasteiger partial charge in [0.15, 0.2) is 12.4 Å². The van der Waals surface area contributed by atoms with Gasteiger partial charge < -0.3 is 20.5 Å². The Morgan fingerprint density at radius 2 is 2.15 bits per heavy atom. The molecule has 102 valence electrons. The molecule has 6 heteroatoms. The Hall–Kier alpha value is -1.96. The summed E-state index contributed by atoms with van der Waals surface area (Å²) in [6.45, 7) is 0.00350. The molecular formula is C14H11IN2O3. The Bertz CT molecular complexity index is 688. The molecule has 1 aliphatic heterocycles. The lowest BCUT2D eigenvalue weighted by molar-refractivity contribution is -0.118. The minimum atomic E-state index is -0.192. The zero-order chi connectivity index (χ0) is 14.1. The molecule has 0 aliphatic carbocycles. The van der Waals surface area contributed by atoms with Crippen molar-refractivity contribution in [3.63, 3.8) is 0 Å². The summed E-state index contributed by atoms with van der Waals surface area (Å²) >= 11 is 2.21. The maximum atomic E-state index is 11.3. The summed E-state index contributed by atoms with van der Waals surface area (Å²) in [6, 6.07) is 10.9. The monoisotopic (exact) mass is 382 g/mol. The highest BCUT2D eigenvalue weighted by molar-refractivity contribution is 14.1. The number of amides is 1. The van der Waals surface area contributed by atoms with Gasteiger partial charge in [-0.1, -0.05) is 6.07 Å². The zero-order valence-corrected chi connectivity index (χ0v) is 12.5. The number of nitrogens with one attached hydrogen (secondary N) is 1. The molecule has 2 aromatic carbocycles. The maximum Gasteiger partial charge on any atom is 0.262 e. The molecule has 1 amide bonds. The van der Waals surface area contributed by atoms with Crippen molar-refractivity contribution in [2.24, 2.45) is 0 Å². The topological polar surface area (TPSA) is 73.6 Å². The number of benzene rings is 2. The van der Waals surface area contributed by atoms with Gasteiger partial charge in [-0.25, -0.2) is 0 Å². The third-order valence-corrected chi connectivity index (χ3v) is 3.44. The van der Waals surface area contributed by atoms with Crippen LogP contribution in [0, 0.1) is 3.57 Å². The fourth-order valence-electron chi connectivity index (χ4n) is 1.87. The van der Waals surface area contributed by atoms with Gasteiger partial charge in [-0.05, 0) is 40.8 Å². The molecule has 0 radical (unpaired) electrons. The van der Waals surface area contributed by atoms with E-state index < -0.39 is 0 Å². The van der Waals surface area contributed by atoms with Crippen LogP contribution >= 0.6 is 22.6 Å². The lowest BCUT2D eigenvalue weighted by atomic mass is 10.2. The third kappa shape index (κ3) is 2.64. The van der Waals surface area contributed by atoms with E-state index in [0.29, 0.717) is 28.6 Å². The van der Waals surface area contributed by atoms with Crippen LogP contribution in [0.5, 0.6) is 17.2 Å². The van der Waals surface area contributed by atoms with Gasteiger partial charge in [0, 0.05) is 15.7 Å². The summed E-state index contributed by atoms with van der Waals surface area (Å²) in [5.74, 6) is 1.53. The van der Waals surface area contributed by atoms with Crippen LogP contribution in [0.1, 0.15) is 0 Å². The summed E-state index contributed by atoms with van der Waals surface area (Å²) in [5, 5.41) is 2.72. The van der Waals surface area contributed by atoms with Crippen molar-refractivity contribution in [3.8, 4) is 17.2 Å². The highest BCUT2D eigenvalue weighted by Gasteiger charge is 2.18. The number of nitrogen functional groups attached to an aromatic ring is 1. The number of fused-ring (bicyclic) bond motifs is 1. The molecule has 0 unspecified atom stereocenters. The first kappa shape index (κ1) is 13.0. The molecule has 0 saturated heterocycles. The minimum Gasteiger partial charge on any atom is -0.481 e. The lowest BCUT2D eigenvalue weighted by Gasteiger charge is -2.20. The smallest absolute Gasteiger partial charge is 0.262 e. The van der Waals surface area contributed by atoms with Crippen molar-refractivity contribution in [2.75, 3.05) is 17.7 Å². The average molecular weight is 382 g/mol. The summed E-state index contributed by atoms with van der Waals surface area (Å²) in [5.41, 5.74) is 6.97. The summed E-state index contributed by atoms with van der Waals surface area (Å²) < 4.78 is 12.1. The van der Waals surface area contributed by atoms with E-state index in [9.17, 15) is 4.79 Å². The largest absolute Gasteiger partial charge is 0.481 e. The first-order chi connectivity index (χ1) is 9.61. The van der Waals surface area contributed by atoms with Crippen LogP contribution < -0.4 is 20.5 Å². The van der Waals surface area contributed by atoms with Crippen molar-refractivity contribution in [2.45, 2.75) is 0 Å². The molecule has 0 atom stereocenters. The van der Waals surface area contributed by atoms with E-state index in [2.05, 4.69) is 27.9 Å². The second-order valence-electron chi connectivity index (χ2n) is 4.28. The molecule has 3 N–H and O–H groups in total. The molecular weight excluding hydrogens is 371 g/mol. The van der Waals surface area contributed by atoms with E-state index in [1.807, 2.05) is 24.3 Å². The van der Waals surface area contributed by atoms with E-state index in [-0.39, 0.29) is 12.5 Å². The molecule has 0 aromatic heterocycles. The number of hydrogen-bond donors (Lipinski definition) is 2. The standard InChI is InChI=1S/C14H11IN2O3/c15-8-2-1-3-9(4-8)20-12-6-11-13(5-10(12)16)19-7-14(18)17-11/h1-6H,7,16H2,(H,17,18). The Kier molecular flexibility index (Phi) is 3.39. The van der Waals surface area contributed by atoms with Crippen LogP contribution in [0.3, 0.4) is 0 Å². The molecule has 20 heavy (non-hydrogen) atoms. The van der Waals surface area contributed by atoms with Gasteiger partial charge in [0.05, 0.1) is 11.4 Å². The number of anilines is 2. The number of hydrogen-bond acceptors (Lipinski definition) is 4. The van der Waals surface area contributed by atoms with Gasteiger partial charge in [0.25, 0.3) is 5.91 Å². The van der Waals surface area contributed by atoms with Gasteiger partial charge in [0.1, 0.15) is 11.5 Å². The fraction of sp³-hybridized carbons (Fsp3) is 0.0714. The molecule has 3 rings (SSSR count). The highest BCUT2D eigenvalue weighted by atomic mass is 127. The predicted molar refractivity (Wildman–Crippen MR) is 84.2 cm³/mol. The van der Waals surface area contributed by atoms with E-state index in [1.165, 1.54) is 0 Å². The number of carbonyl (C=O) groups is 1. The quantitative estimate of drug-likeness (QED) is 0.619. The Morgan fingerprint density at radius 3 is 2.95 bits per heavy atom. The molecule has 1 aliphatic rings. The molecule has 5 nitrogen and oxygen atoms in total. The molecule has 0 fully saturated rings. The van der Waals surface area contributed by atoms with Crippen LogP contribution in [-0.4, -0.2) is 12.5 Å². The van der Waals surface area contributed by atoms with Crippen LogP contribution in [0.2, 0.25) is 0 Å². The Labute approximate surface area is 129 Å². The van der Waals surface area contributed by atoms with Crippen molar-refractivity contribution < 1.29 is 14.3 Å². The summed E-state index contributed by atoms with van der Waals surface area (Å²) in [6.07, 6.45) is 0. The van der Waals surface area contributed by atoms with E-state index >= 15 is 0 Å². The number of carbonyl (C=O) groups excluding carboxylic acids is 1. The van der Waals surface area contributed by atoms with Crippen LogP contribution in [0.4, 0.5) is 11.4 Å². The van der Waals surface area contributed by atoms with Gasteiger partial charge in [0.2, 0.25) is 0 Å². The molecule has 1 heterocycles. The third-order valence-electron chi connectivity index (χ3n) is 2.77. The SMILES string of the molecule is Nc1cc2c(cc1Oc1cccc(I)c1)NC(=O)CO2. The van der Waals surface area contributed by atoms with Crippen molar-refractivity contribution in [3.05, 3.63) is 40.0 Å². The number of rotatable bonds is 2. The highest BCUT2D eigenvalue weighted by Crippen LogP contribution is 2.38. The first-order valence-electron chi connectivity index (χ1n) is 5.91. The van der Waals surface area contributed by atoms with E-state index in [4.69, 9.17) is 15.2 Å². The molecule has 0 spiro atoms.